The number of anilines is 1. The highest BCUT2D eigenvalue weighted by molar-refractivity contribution is 9.10. The van der Waals surface area contributed by atoms with Crippen LogP contribution in [0.4, 0.5) is 5.69 Å². The predicted molar refractivity (Wildman–Crippen MR) is 78.3 cm³/mol. The number of imide groups is 1. The van der Waals surface area contributed by atoms with E-state index >= 15 is 0 Å². The average Bonchev–Trinajstić information content (AvgIpc) is 2.70. The third-order valence-electron chi connectivity index (χ3n) is 3.16. The van der Waals surface area contributed by atoms with E-state index in [4.69, 9.17) is 4.74 Å². The number of hydrogen-bond donors (Lipinski definition) is 0. The van der Waals surface area contributed by atoms with Crippen LogP contribution >= 0.6 is 15.9 Å². The van der Waals surface area contributed by atoms with Gasteiger partial charge in [0.2, 0.25) is 0 Å². The van der Waals surface area contributed by atoms with E-state index in [0.717, 1.165) is 4.47 Å². The molecule has 5 heteroatoms. The van der Waals surface area contributed by atoms with Crippen molar-refractivity contribution >= 4 is 33.4 Å². The normalized spacial score (nSPS) is 13.6. The second kappa shape index (κ2) is 4.76. The van der Waals surface area contributed by atoms with Crippen LogP contribution in [0.2, 0.25) is 0 Å². The Kier molecular flexibility index (Phi) is 3.06. The van der Waals surface area contributed by atoms with Crippen LogP contribution in [-0.2, 0) is 0 Å². The summed E-state index contributed by atoms with van der Waals surface area (Å²) in [5.41, 5.74) is 1.31. The van der Waals surface area contributed by atoms with E-state index in [-0.39, 0.29) is 11.8 Å². The van der Waals surface area contributed by atoms with Crippen LogP contribution in [0, 0.1) is 0 Å². The molecule has 0 atom stereocenters. The maximum Gasteiger partial charge on any atom is 0.266 e. The van der Waals surface area contributed by atoms with Crippen molar-refractivity contribution in [3.8, 4) is 5.75 Å². The van der Waals surface area contributed by atoms with E-state index in [9.17, 15) is 9.59 Å². The van der Waals surface area contributed by atoms with Crippen molar-refractivity contribution in [2.75, 3.05) is 12.0 Å². The van der Waals surface area contributed by atoms with Crippen molar-refractivity contribution in [1.29, 1.82) is 0 Å². The lowest BCUT2D eigenvalue weighted by Gasteiger charge is -2.13. The largest absolute Gasteiger partial charge is 0.497 e. The second-order valence-corrected chi connectivity index (χ2v) is 5.25. The molecule has 0 aromatic heterocycles. The zero-order valence-corrected chi connectivity index (χ0v) is 12.2. The van der Waals surface area contributed by atoms with Gasteiger partial charge in [-0.15, -0.1) is 0 Å². The number of hydrogen-bond acceptors (Lipinski definition) is 3. The lowest BCUT2D eigenvalue weighted by molar-refractivity contribution is 0.0926. The Bertz CT molecular complexity index is 727. The van der Waals surface area contributed by atoms with Gasteiger partial charge in [-0.3, -0.25) is 9.59 Å². The molecule has 2 amide bonds. The topological polar surface area (TPSA) is 46.6 Å². The Labute approximate surface area is 124 Å². The maximum atomic E-state index is 12.4. The van der Waals surface area contributed by atoms with Gasteiger partial charge in [0.05, 0.1) is 23.9 Å². The highest BCUT2D eigenvalue weighted by Crippen LogP contribution is 2.31. The summed E-state index contributed by atoms with van der Waals surface area (Å²) in [6.45, 7) is 0. The maximum absolute atomic E-state index is 12.4. The van der Waals surface area contributed by atoms with E-state index in [1.165, 1.54) is 12.0 Å². The smallest absolute Gasteiger partial charge is 0.266 e. The number of halogens is 1. The molecule has 0 radical (unpaired) electrons. The average molecular weight is 332 g/mol. The van der Waals surface area contributed by atoms with E-state index in [1.807, 2.05) is 6.07 Å². The molecule has 100 valence electrons. The standard InChI is InChI=1S/C15H10BrNO3/c1-20-11-5-6-12-13(8-11)15(19)17(14(12)18)10-4-2-3-9(16)7-10/h2-8H,1H3. The van der Waals surface area contributed by atoms with E-state index < -0.39 is 0 Å². The first-order chi connectivity index (χ1) is 9.61. The Morgan fingerprint density at radius 3 is 2.45 bits per heavy atom. The molecule has 0 fully saturated rings. The fourth-order valence-corrected chi connectivity index (χ4v) is 2.58. The first-order valence-corrected chi connectivity index (χ1v) is 6.73. The zero-order chi connectivity index (χ0) is 14.3. The molecule has 4 nitrogen and oxygen atoms in total. The third-order valence-corrected chi connectivity index (χ3v) is 3.65. The number of fused-ring (bicyclic) bond motifs is 1. The fraction of sp³-hybridized carbons (Fsp3) is 0.0667. The molecule has 0 spiro atoms. The monoisotopic (exact) mass is 331 g/mol. The summed E-state index contributed by atoms with van der Waals surface area (Å²) >= 11 is 3.34. The molecule has 0 saturated heterocycles. The summed E-state index contributed by atoms with van der Waals surface area (Å²) in [7, 11) is 1.52. The molecule has 0 unspecified atom stereocenters. The number of carbonyl (C=O) groups excluding carboxylic acids is 2. The van der Waals surface area contributed by atoms with E-state index in [1.54, 1.807) is 36.4 Å². The van der Waals surface area contributed by atoms with Crippen LogP contribution in [-0.4, -0.2) is 18.9 Å². The van der Waals surface area contributed by atoms with Gasteiger partial charge in [0.15, 0.2) is 0 Å². The van der Waals surface area contributed by atoms with Gasteiger partial charge in [0.25, 0.3) is 11.8 Å². The molecule has 2 aromatic carbocycles. The van der Waals surface area contributed by atoms with Crippen molar-refractivity contribution in [2.24, 2.45) is 0 Å². The molecule has 2 aromatic rings. The second-order valence-electron chi connectivity index (χ2n) is 4.34. The van der Waals surface area contributed by atoms with Gasteiger partial charge in [-0.1, -0.05) is 22.0 Å². The molecule has 0 bridgehead atoms. The van der Waals surface area contributed by atoms with E-state index in [0.29, 0.717) is 22.6 Å². The number of carbonyl (C=O) groups is 2. The van der Waals surface area contributed by atoms with Crippen molar-refractivity contribution in [3.05, 3.63) is 58.1 Å². The Hall–Kier alpha value is -2.14. The number of benzene rings is 2. The van der Waals surface area contributed by atoms with Gasteiger partial charge >= 0.3 is 0 Å². The van der Waals surface area contributed by atoms with Gasteiger partial charge in [0.1, 0.15) is 5.75 Å². The minimum atomic E-state index is -0.331. The number of ether oxygens (including phenoxy) is 1. The highest BCUT2D eigenvalue weighted by atomic mass is 79.9. The first kappa shape index (κ1) is 12.9. The fourth-order valence-electron chi connectivity index (χ4n) is 2.20. The number of methoxy groups -OCH3 is 1. The summed E-state index contributed by atoms with van der Waals surface area (Å²) in [4.78, 5) is 26.0. The Balaban J connectivity index is 2.09. The Morgan fingerprint density at radius 2 is 1.75 bits per heavy atom. The summed E-state index contributed by atoms with van der Waals surface area (Å²) in [6, 6.07) is 12.0. The van der Waals surface area contributed by atoms with Crippen LogP contribution in [0.1, 0.15) is 20.7 Å². The van der Waals surface area contributed by atoms with Crippen molar-refractivity contribution in [2.45, 2.75) is 0 Å². The molecule has 0 aliphatic carbocycles. The molecule has 20 heavy (non-hydrogen) atoms. The first-order valence-electron chi connectivity index (χ1n) is 5.94. The molecule has 1 aliphatic heterocycles. The number of amides is 2. The number of rotatable bonds is 2. The van der Waals surface area contributed by atoms with Gasteiger partial charge in [-0.2, -0.15) is 0 Å². The van der Waals surface area contributed by atoms with Crippen molar-refractivity contribution < 1.29 is 14.3 Å². The minimum Gasteiger partial charge on any atom is -0.497 e. The van der Waals surface area contributed by atoms with Crippen LogP contribution in [0.15, 0.2) is 46.9 Å². The summed E-state index contributed by atoms with van der Waals surface area (Å²) in [6.07, 6.45) is 0. The van der Waals surface area contributed by atoms with Gasteiger partial charge < -0.3 is 4.74 Å². The van der Waals surface area contributed by atoms with Crippen LogP contribution < -0.4 is 9.64 Å². The van der Waals surface area contributed by atoms with Crippen LogP contribution in [0.25, 0.3) is 0 Å². The zero-order valence-electron chi connectivity index (χ0n) is 10.6. The molecular weight excluding hydrogens is 322 g/mol. The van der Waals surface area contributed by atoms with Crippen LogP contribution in [0.5, 0.6) is 5.75 Å². The van der Waals surface area contributed by atoms with Crippen molar-refractivity contribution in [3.63, 3.8) is 0 Å². The quantitative estimate of drug-likeness (QED) is 0.793. The lowest BCUT2D eigenvalue weighted by atomic mass is 10.1. The summed E-state index contributed by atoms with van der Waals surface area (Å²) < 4.78 is 5.90. The summed E-state index contributed by atoms with van der Waals surface area (Å²) in [5, 5.41) is 0. The molecule has 1 aliphatic rings. The Morgan fingerprint density at radius 1 is 1.00 bits per heavy atom. The minimum absolute atomic E-state index is 0.314. The molecule has 3 rings (SSSR count). The molecule has 0 saturated carbocycles. The van der Waals surface area contributed by atoms with E-state index in [2.05, 4.69) is 15.9 Å². The molecule has 1 heterocycles. The third kappa shape index (κ3) is 1.91. The van der Waals surface area contributed by atoms with Crippen molar-refractivity contribution in [1.82, 2.24) is 0 Å². The highest BCUT2D eigenvalue weighted by Gasteiger charge is 2.36. The SMILES string of the molecule is COc1ccc2c(c1)C(=O)N(c1cccc(Br)c1)C2=O. The number of nitrogens with zero attached hydrogens (tertiary/aromatic N) is 1. The van der Waals surface area contributed by atoms with Gasteiger partial charge in [-0.05, 0) is 36.4 Å². The predicted octanol–water partition coefficient (Wildman–Crippen LogP) is 3.26. The lowest BCUT2D eigenvalue weighted by Crippen LogP contribution is -2.29. The van der Waals surface area contributed by atoms with Gasteiger partial charge in [-0.25, -0.2) is 4.90 Å². The van der Waals surface area contributed by atoms with Crippen LogP contribution in [0.3, 0.4) is 0 Å². The summed E-state index contributed by atoms with van der Waals surface area (Å²) in [5.74, 6) is -0.0891. The molecule has 0 N–H and O–H groups in total. The molecular formula is C15H10BrNO3. The van der Waals surface area contributed by atoms with Gasteiger partial charge in [0, 0.05) is 4.47 Å².